The lowest BCUT2D eigenvalue weighted by atomic mass is 10.0. The van der Waals surface area contributed by atoms with Crippen molar-refractivity contribution in [3.05, 3.63) is 45.2 Å². The average molecular weight is 300 g/mol. The van der Waals surface area contributed by atoms with E-state index in [0.717, 1.165) is 27.4 Å². The van der Waals surface area contributed by atoms with Crippen molar-refractivity contribution in [2.75, 3.05) is 5.73 Å². The molecule has 0 atom stereocenters. The molecule has 0 radical (unpaired) electrons. The third kappa shape index (κ3) is 2.80. The van der Waals surface area contributed by atoms with E-state index in [1.165, 1.54) is 0 Å². The Bertz CT molecular complexity index is 791. The summed E-state index contributed by atoms with van der Waals surface area (Å²) in [4.78, 5) is 8.87. The molecular formula is C15H16N4OS. The van der Waals surface area contributed by atoms with Crippen molar-refractivity contribution in [2.45, 2.75) is 27.2 Å². The Labute approximate surface area is 126 Å². The lowest BCUT2D eigenvalue weighted by molar-refractivity contribution is 0.423. The molecule has 5 nitrogen and oxygen atoms in total. The van der Waals surface area contributed by atoms with Gasteiger partial charge in [-0.25, -0.2) is 4.98 Å². The predicted octanol–water partition coefficient (Wildman–Crippen LogP) is 3.29. The summed E-state index contributed by atoms with van der Waals surface area (Å²) in [5.41, 5.74) is 10.7. The smallest absolute Gasteiger partial charge is 0.258 e. The molecule has 0 fully saturated rings. The Kier molecular flexibility index (Phi) is 3.47. The van der Waals surface area contributed by atoms with Crippen molar-refractivity contribution in [3.8, 4) is 11.5 Å². The van der Waals surface area contributed by atoms with Crippen LogP contribution in [-0.4, -0.2) is 15.1 Å². The molecular weight excluding hydrogens is 284 g/mol. The van der Waals surface area contributed by atoms with Crippen molar-refractivity contribution < 1.29 is 4.52 Å². The summed E-state index contributed by atoms with van der Waals surface area (Å²) in [6, 6.07) is 3.81. The largest absolute Gasteiger partial charge is 0.399 e. The molecule has 21 heavy (non-hydrogen) atoms. The van der Waals surface area contributed by atoms with Crippen LogP contribution in [0.4, 0.5) is 5.69 Å². The first-order valence-electron chi connectivity index (χ1n) is 6.63. The van der Waals surface area contributed by atoms with E-state index >= 15 is 0 Å². The minimum absolute atomic E-state index is 0.506. The highest BCUT2D eigenvalue weighted by atomic mass is 32.1. The maximum absolute atomic E-state index is 5.90. The molecule has 3 rings (SSSR count). The fraction of sp³-hybridized carbons (Fsp3) is 0.267. The summed E-state index contributed by atoms with van der Waals surface area (Å²) < 4.78 is 5.38. The first-order chi connectivity index (χ1) is 10.0. The van der Waals surface area contributed by atoms with Gasteiger partial charge < -0.3 is 10.3 Å². The van der Waals surface area contributed by atoms with Crippen LogP contribution in [0, 0.1) is 20.8 Å². The van der Waals surface area contributed by atoms with Crippen molar-refractivity contribution in [1.29, 1.82) is 0 Å². The molecule has 6 heteroatoms. The van der Waals surface area contributed by atoms with Crippen molar-refractivity contribution in [3.63, 3.8) is 0 Å². The molecule has 0 bridgehead atoms. The number of rotatable bonds is 3. The molecule has 2 N–H and O–H groups in total. The molecule has 2 heterocycles. The van der Waals surface area contributed by atoms with Crippen LogP contribution >= 0.6 is 11.3 Å². The lowest BCUT2D eigenvalue weighted by Crippen LogP contribution is -1.94. The normalized spacial score (nSPS) is 11.0. The zero-order chi connectivity index (χ0) is 15.0. The number of nitrogens with two attached hydrogens (primary N) is 1. The second-order valence-electron chi connectivity index (χ2n) is 5.09. The number of nitrogen functional groups attached to an aromatic ring is 1. The molecule has 0 aliphatic carbocycles. The molecule has 0 aliphatic heterocycles. The van der Waals surface area contributed by atoms with Crippen LogP contribution < -0.4 is 5.73 Å². The van der Waals surface area contributed by atoms with Gasteiger partial charge in [0.1, 0.15) is 5.01 Å². The van der Waals surface area contributed by atoms with Crippen LogP contribution in [0.25, 0.3) is 11.5 Å². The monoisotopic (exact) mass is 300 g/mol. The molecule has 0 aliphatic rings. The SMILES string of the molecule is Cc1csc(Cc2noc(-c3cc(N)cc(C)c3C)n2)n1. The van der Waals surface area contributed by atoms with Gasteiger partial charge in [-0.15, -0.1) is 11.3 Å². The number of aromatic nitrogens is 3. The Balaban J connectivity index is 1.91. The van der Waals surface area contributed by atoms with E-state index in [0.29, 0.717) is 23.8 Å². The minimum Gasteiger partial charge on any atom is -0.399 e. The summed E-state index contributed by atoms with van der Waals surface area (Å²) in [5.74, 6) is 1.14. The number of anilines is 1. The Morgan fingerprint density at radius 1 is 1.19 bits per heavy atom. The number of hydrogen-bond donors (Lipinski definition) is 1. The molecule has 1 aromatic carbocycles. The minimum atomic E-state index is 0.506. The molecule has 0 spiro atoms. The first kappa shape index (κ1) is 13.8. The standard InChI is InChI=1S/C15H16N4OS/c1-8-4-11(16)5-12(10(8)3)15-18-13(19-20-15)6-14-17-9(2)7-21-14/h4-5,7H,6,16H2,1-3H3. The molecule has 0 amide bonds. The van der Waals surface area contributed by atoms with E-state index < -0.39 is 0 Å². The molecule has 0 saturated heterocycles. The fourth-order valence-corrected chi connectivity index (χ4v) is 2.93. The summed E-state index contributed by atoms with van der Waals surface area (Å²) in [7, 11) is 0. The van der Waals surface area contributed by atoms with Crippen molar-refractivity contribution in [1.82, 2.24) is 15.1 Å². The Morgan fingerprint density at radius 3 is 2.71 bits per heavy atom. The first-order valence-corrected chi connectivity index (χ1v) is 7.51. The highest BCUT2D eigenvalue weighted by Crippen LogP contribution is 2.27. The quantitative estimate of drug-likeness (QED) is 0.751. The lowest BCUT2D eigenvalue weighted by Gasteiger charge is -2.06. The van der Waals surface area contributed by atoms with Gasteiger partial charge in [0.15, 0.2) is 5.82 Å². The summed E-state index contributed by atoms with van der Waals surface area (Å²) in [5, 5.41) is 7.04. The fourth-order valence-electron chi connectivity index (χ4n) is 2.16. The number of nitrogens with zero attached hydrogens (tertiary/aromatic N) is 3. The molecule has 0 unspecified atom stereocenters. The van der Waals surface area contributed by atoms with E-state index in [1.807, 2.05) is 38.3 Å². The van der Waals surface area contributed by atoms with Gasteiger partial charge in [-0.05, 0) is 44.0 Å². The average Bonchev–Trinajstić information content (AvgIpc) is 3.04. The third-order valence-corrected chi connectivity index (χ3v) is 4.33. The van der Waals surface area contributed by atoms with Gasteiger partial charge in [-0.2, -0.15) is 4.98 Å². The summed E-state index contributed by atoms with van der Waals surface area (Å²) in [6.07, 6.45) is 0.586. The van der Waals surface area contributed by atoms with E-state index in [-0.39, 0.29) is 0 Å². The highest BCUT2D eigenvalue weighted by Gasteiger charge is 2.14. The van der Waals surface area contributed by atoms with Crippen LogP contribution in [0.1, 0.15) is 27.7 Å². The molecule has 3 aromatic rings. The maximum atomic E-state index is 5.90. The van der Waals surface area contributed by atoms with Gasteiger partial charge in [0, 0.05) is 22.3 Å². The van der Waals surface area contributed by atoms with E-state index in [9.17, 15) is 0 Å². The number of hydrogen-bond acceptors (Lipinski definition) is 6. The van der Waals surface area contributed by atoms with Crippen LogP contribution in [0.2, 0.25) is 0 Å². The van der Waals surface area contributed by atoms with Gasteiger partial charge in [0.05, 0.1) is 6.42 Å². The number of thiazole rings is 1. The third-order valence-electron chi connectivity index (χ3n) is 3.36. The van der Waals surface area contributed by atoms with Crippen LogP contribution in [0.15, 0.2) is 22.0 Å². The van der Waals surface area contributed by atoms with Gasteiger partial charge in [0.25, 0.3) is 5.89 Å². The van der Waals surface area contributed by atoms with Gasteiger partial charge in [0.2, 0.25) is 0 Å². The van der Waals surface area contributed by atoms with Crippen LogP contribution in [0.3, 0.4) is 0 Å². The molecule has 108 valence electrons. The van der Waals surface area contributed by atoms with Crippen molar-refractivity contribution >= 4 is 17.0 Å². The molecule has 0 saturated carbocycles. The van der Waals surface area contributed by atoms with Gasteiger partial charge in [-0.3, -0.25) is 0 Å². The van der Waals surface area contributed by atoms with E-state index in [2.05, 4.69) is 15.1 Å². The van der Waals surface area contributed by atoms with Gasteiger partial charge in [-0.1, -0.05) is 5.16 Å². The summed E-state index contributed by atoms with van der Waals surface area (Å²) >= 11 is 1.60. The zero-order valence-corrected chi connectivity index (χ0v) is 13.0. The Morgan fingerprint density at radius 2 is 2.00 bits per heavy atom. The van der Waals surface area contributed by atoms with Gasteiger partial charge >= 0.3 is 0 Å². The topological polar surface area (TPSA) is 77.8 Å². The predicted molar refractivity (Wildman–Crippen MR) is 83.3 cm³/mol. The van der Waals surface area contributed by atoms with E-state index in [4.69, 9.17) is 10.3 Å². The second kappa shape index (κ2) is 5.29. The molecule has 2 aromatic heterocycles. The zero-order valence-electron chi connectivity index (χ0n) is 12.2. The van der Waals surface area contributed by atoms with Crippen molar-refractivity contribution in [2.24, 2.45) is 0 Å². The summed E-state index contributed by atoms with van der Waals surface area (Å²) in [6.45, 7) is 6.02. The maximum Gasteiger partial charge on any atom is 0.258 e. The van der Waals surface area contributed by atoms with E-state index in [1.54, 1.807) is 11.3 Å². The highest BCUT2D eigenvalue weighted by molar-refractivity contribution is 7.09. The van der Waals surface area contributed by atoms with Crippen LogP contribution in [0.5, 0.6) is 0 Å². The Hall–Kier alpha value is -2.21. The second-order valence-corrected chi connectivity index (χ2v) is 6.03. The van der Waals surface area contributed by atoms with Crippen LogP contribution in [-0.2, 0) is 6.42 Å². The number of aryl methyl sites for hydroxylation is 2. The number of benzene rings is 1.